The van der Waals surface area contributed by atoms with Crippen molar-refractivity contribution in [2.45, 2.75) is 25.9 Å². The number of hydrogen-bond acceptors (Lipinski definition) is 2. The Morgan fingerprint density at radius 3 is 2.67 bits per heavy atom. The van der Waals surface area contributed by atoms with E-state index < -0.39 is 6.10 Å². The minimum atomic E-state index is -0.543. The van der Waals surface area contributed by atoms with Gasteiger partial charge in [0.25, 0.3) is 5.91 Å². The van der Waals surface area contributed by atoms with Crippen molar-refractivity contribution in [3.63, 3.8) is 0 Å². The molecule has 18 heavy (non-hydrogen) atoms. The summed E-state index contributed by atoms with van der Waals surface area (Å²) in [5.74, 6) is 0.452. The van der Waals surface area contributed by atoms with Gasteiger partial charge in [0, 0.05) is 24.2 Å². The number of carbonyl (C=O) groups is 1. The summed E-state index contributed by atoms with van der Waals surface area (Å²) >= 11 is 11.9. The van der Waals surface area contributed by atoms with E-state index in [0.717, 1.165) is 25.9 Å². The normalized spacial score (nSPS) is 16.7. The van der Waals surface area contributed by atoms with E-state index in [1.165, 1.54) is 0 Å². The molecule has 1 aromatic carbocycles. The summed E-state index contributed by atoms with van der Waals surface area (Å²) < 4.78 is 5.59. The summed E-state index contributed by atoms with van der Waals surface area (Å²) in [6.45, 7) is 3.36. The quantitative estimate of drug-likeness (QED) is 0.853. The largest absolute Gasteiger partial charge is 0.479 e. The van der Waals surface area contributed by atoms with Gasteiger partial charge in [-0.05, 0) is 31.9 Å². The van der Waals surface area contributed by atoms with Crippen LogP contribution in [0.25, 0.3) is 0 Å². The van der Waals surface area contributed by atoms with Crippen LogP contribution in [-0.2, 0) is 4.79 Å². The summed E-state index contributed by atoms with van der Waals surface area (Å²) in [5.41, 5.74) is 0. The third-order valence-electron chi connectivity index (χ3n) is 2.96. The van der Waals surface area contributed by atoms with Crippen LogP contribution in [0.5, 0.6) is 5.75 Å². The van der Waals surface area contributed by atoms with Crippen molar-refractivity contribution in [2.24, 2.45) is 0 Å². The smallest absolute Gasteiger partial charge is 0.263 e. The van der Waals surface area contributed by atoms with E-state index in [2.05, 4.69) is 0 Å². The molecule has 1 aromatic rings. The van der Waals surface area contributed by atoms with Gasteiger partial charge >= 0.3 is 0 Å². The van der Waals surface area contributed by atoms with E-state index >= 15 is 0 Å². The number of hydrogen-bond donors (Lipinski definition) is 0. The highest BCUT2D eigenvalue weighted by atomic mass is 35.5. The molecule has 98 valence electrons. The molecule has 0 radical (unpaired) electrons. The van der Waals surface area contributed by atoms with Gasteiger partial charge < -0.3 is 9.64 Å². The zero-order valence-corrected chi connectivity index (χ0v) is 11.7. The van der Waals surface area contributed by atoms with E-state index in [1.54, 1.807) is 25.1 Å². The summed E-state index contributed by atoms with van der Waals surface area (Å²) in [7, 11) is 0. The van der Waals surface area contributed by atoms with Crippen LogP contribution >= 0.6 is 23.2 Å². The second-order valence-corrected chi connectivity index (χ2v) is 5.21. The first-order valence-electron chi connectivity index (χ1n) is 5.98. The fraction of sp³-hybridized carbons (Fsp3) is 0.462. The SMILES string of the molecule is C[C@@H](Oc1cc(Cl)ccc1Cl)C(=O)N1CCCC1. The summed E-state index contributed by atoms with van der Waals surface area (Å²) in [5, 5.41) is 0.996. The number of likely N-dealkylation sites (tertiary alicyclic amines) is 1. The van der Waals surface area contributed by atoms with Crippen LogP contribution in [0.15, 0.2) is 18.2 Å². The van der Waals surface area contributed by atoms with Crippen molar-refractivity contribution in [1.82, 2.24) is 4.90 Å². The number of ether oxygens (including phenoxy) is 1. The first-order chi connectivity index (χ1) is 8.58. The lowest BCUT2D eigenvalue weighted by Crippen LogP contribution is -2.38. The van der Waals surface area contributed by atoms with Gasteiger partial charge in [-0.2, -0.15) is 0 Å². The van der Waals surface area contributed by atoms with E-state index in [1.807, 2.05) is 4.90 Å². The van der Waals surface area contributed by atoms with Crippen LogP contribution in [0, 0.1) is 0 Å². The van der Waals surface area contributed by atoms with E-state index in [-0.39, 0.29) is 5.91 Å². The second kappa shape index (κ2) is 5.81. The number of amides is 1. The molecule has 1 heterocycles. The van der Waals surface area contributed by atoms with Gasteiger partial charge in [0.1, 0.15) is 5.75 Å². The Kier molecular flexibility index (Phi) is 4.36. The fourth-order valence-corrected chi connectivity index (χ4v) is 2.33. The van der Waals surface area contributed by atoms with E-state index in [0.29, 0.717) is 15.8 Å². The molecule has 0 bridgehead atoms. The Bertz CT molecular complexity index is 445. The molecule has 1 atom stereocenters. The predicted molar refractivity (Wildman–Crippen MR) is 72.4 cm³/mol. The van der Waals surface area contributed by atoms with Gasteiger partial charge in [0.2, 0.25) is 0 Å². The molecule has 1 saturated heterocycles. The Hall–Kier alpha value is -0.930. The van der Waals surface area contributed by atoms with Gasteiger partial charge in [-0.3, -0.25) is 4.79 Å². The van der Waals surface area contributed by atoms with Crippen LogP contribution in [0.3, 0.4) is 0 Å². The Morgan fingerprint density at radius 1 is 1.33 bits per heavy atom. The van der Waals surface area contributed by atoms with Crippen molar-refractivity contribution in [3.8, 4) is 5.75 Å². The Morgan fingerprint density at radius 2 is 2.00 bits per heavy atom. The van der Waals surface area contributed by atoms with Crippen molar-refractivity contribution in [3.05, 3.63) is 28.2 Å². The summed E-state index contributed by atoms with van der Waals surface area (Å²) in [4.78, 5) is 13.9. The van der Waals surface area contributed by atoms with E-state index in [4.69, 9.17) is 27.9 Å². The molecule has 0 spiro atoms. The molecule has 0 N–H and O–H groups in total. The predicted octanol–water partition coefficient (Wildman–Crippen LogP) is 3.38. The second-order valence-electron chi connectivity index (χ2n) is 4.37. The number of rotatable bonds is 3. The lowest BCUT2D eigenvalue weighted by Gasteiger charge is -2.21. The lowest BCUT2D eigenvalue weighted by atomic mass is 10.3. The zero-order chi connectivity index (χ0) is 13.1. The van der Waals surface area contributed by atoms with Crippen LogP contribution in [0.4, 0.5) is 0 Å². The maximum Gasteiger partial charge on any atom is 0.263 e. The number of benzene rings is 1. The van der Waals surface area contributed by atoms with E-state index in [9.17, 15) is 4.79 Å². The third kappa shape index (κ3) is 3.09. The lowest BCUT2D eigenvalue weighted by molar-refractivity contribution is -0.136. The van der Waals surface area contributed by atoms with Gasteiger partial charge in [0.05, 0.1) is 5.02 Å². The molecule has 0 aromatic heterocycles. The number of nitrogens with zero attached hydrogens (tertiary/aromatic N) is 1. The van der Waals surface area contributed by atoms with Crippen molar-refractivity contribution in [2.75, 3.05) is 13.1 Å². The first kappa shape index (κ1) is 13.5. The highest BCUT2D eigenvalue weighted by molar-refractivity contribution is 6.34. The Labute approximate surface area is 117 Å². The van der Waals surface area contributed by atoms with Gasteiger partial charge in [-0.15, -0.1) is 0 Å². The third-order valence-corrected chi connectivity index (χ3v) is 3.51. The van der Waals surface area contributed by atoms with Crippen LogP contribution < -0.4 is 4.74 Å². The average Bonchev–Trinajstić information content (AvgIpc) is 2.86. The molecular weight excluding hydrogens is 273 g/mol. The minimum absolute atomic E-state index is 0.00328. The minimum Gasteiger partial charge on any atom is -0.479 e. The summed E-state index contributed by atoms with van der Waals surface area (Å²) in [6.07, 6.45) is 1.59. The van der Waals surface area contributed by atoms with Gasteiger partial charge in [-0.1, -0.05) is 23.2 Å². The van der Waals surface area contributed by atoms with Crippen LogP contribution in [0.1, 0.15) is 19.8 Å². The standard InChI is InChI=1S/C13H15Cl2NO2/c1-9(13(17)16-6-2-3-7-16)18-12-8-10(14)4-5-11(12)15/h4-5,8-9H,2-3,6-7H2,1H3/t9-/m1/s1. The molecule has 0 unspecified atom stereocenters. The molecule has 0 saturated carbocycles. The molecule has 0 aliphatic carbocycles. The molecule has 3 nitrogen and oxygen atoms in total. The van der Waals surface area contributed by atoms with Crippen LogP contribution in [-0.4, -0.2) is 30.0 Å². The molecule has 2 rings (SSSR count). The fourth-order valence-electron chi connectivity index (χ4n) is 2.00. The molecule has 1 amide bonds. The van der Waals surface area contributed by atoms with Crippen molar-refractivity contribution >= 4 is 29.1 Å². The highest BCUT2D eigenvalue weighted by Gasteiger charge is 2.24. The maximum absolute atomic E-state index is 12.1. The molecule has 1 aliphatic heterocycles. The van der Waals surface area contributed by atoms with Gasteiger partial charge in [0.15, 0.2) is 6.10 Å². The van der Waals surface area contributed by atoms with Crippen molar-refractivity contribution in [1.29, 1.82) is 0 Å². The highest BCUT2D eigenvalue weighted by Crippen LogP contribution is 2.28. The Balaban J connectivity index is 2.03. The average molecular weight is 288 g/mol. The number of halogens is 2. The molecule has 1 aliphatic rings. The first-order valence-corrected chi connectivity index (χ1v) is 6.74. The van der Waals surface area contributed by atoms with Crippen molar-refractivity contribution < 1.29 is 9.53 Å². The van der Waals surface area contributed by atoms with Gasteiger partial charge in [-0.25, -0.2) is 0 Å². The number of carbonyl (C=O) groups excluding carboxylic acids is 1. The van der Waals surface area contributed by atoms with Crippen LogP contribution in [0.2, 0.25) is 10.0 Å². The maximum atomic E-state index is 12.1. The topological polar surface area (TPSA) is 29.5 Å². The molecule has 1 fully saturated rings. The monoisotopic (exact) mass is 287 g/mol. The molecule has 5 heteroatoms. The molecular formula is C13H15Cl2NO2. The summed E-state index contributed by atoms with van der Waals surface area (Å²) in [6, 6.07) is 4.97. The zero-order valence-electron chi connectivity index (χ0n) is 10.2.